The van der Waals surface area contributed by atoms with Crippen LogP contribution in [0, 0.1) is 11.3 Å². The van der Waals surface area contributed by atoms with Gasteiger partial charge in [-0.05, 0) is 42.5 Å². The summed E-state index contributed by atoms with van der Waals surface area (Å²) in [6, 6.07) is 10.5. The lowest BCUT2D eigenvalue weighted by molar-refractivity contribution is 0.324. The van der Waals surface area contributed by atoms with Crippen LogP contribution in [0.2, 0.25) is 5.02 Å². The lowest BCUT2D eigenvalue weighted by atomic mass is 10.1. The quantitative estimate of drug-likeness (QED) is 0.695. The number of rotatable bonds is 6. The van der Waals surface area contributed by atoms with Crippen LogP contribution in [0.25, 0.3) is 6.08 Å². The van der Waals surface area contributed by atoms with Gasteiger partial charge in [-0.3, -0.25) is 0 Å². The topological polar surface area (TPSA) is 85.6 Å². The fourth-order valence-corrected chi connectivity index (χ4v) is 3.57. The fourth-order valence-electron chi connectivity index (χ4n) is 2.29. The molecule has 0 heterocycles. The van der Waals surface area contributed by atoms with E-state index in [2.05, 4.69) is 0 Å². The Bertz CT molecular complexity index is 976. The third kappa shape index (κ3) is 3.77. The maximum atomic E-state index is 12.7. The lowest BCUT2D eigenvalue weighted by Crippen LogP contribution is -2.04. The monoisotopic (exact) mass is 393 g/mol. The van der Waals surface area contributed by atoms with E-state index in [9.17, 15) is 13.7 Å². The molecule has 2 rings (SSSR count). The van der Waals surface area contributed by atoms with Crippen molar-refractivity contribution >= 4 is 27.5 Å². The van der Waals surface area contributed by atoms with Gasteiger partial charge in [0.25, 0.3) is 0 Å². The molecule has 0 aliphatic carbocycles. The highest BCUT2D eigenvalue weighted by molar-refractivity contribution is 7.95. The van der Waals surface area contributed by atoms with E-state index in [0.717, 1.165) is 0 Å². The summed E-state index contributed by atoms with van der Waals surface area (Å²) in [4.78, 5) is -0.473. The molecule has 2 aromatic carbocycles. The SMILES string of the molecule is COc1ccc(/C=C(/C#N)S(=O)(=O)c2ccc(Cl)cc2)c(OC)c1OC. The highest BCUT2D eigenvalue weighted by Gasteiger charge is 2.23. The van der Waals surface area contributed by atoms with Crippen molar-refractivity contribution in [1.29, 1.82) is 5.26 Å². The fraction of sp³-hybridized carbons (Fsp3) is 0.167. The molecule has 26 heavy (non-hydrogen) atoms. The van der Waals surface area contributed by atoms with Crippen molar-refractivity contribution in [2.24, 2.45) is 0 Å². The molecular formula is C18H16ClNO5S. The minimum Gasteiger partial charge on any atom is -0.493 e. The van der Waals surface area contributed by atoms with E-state index < -0.39 is 14.7 Å². The van der Waals surface area contributed by atoms with Crippen LogP contribution in [0.3, 0.4) is 0 Å². The number of hydrogen-bond acceptors (Lipinski definition) is 6. The Labute approximate surface area is 157 Å². The van der Waals surface area contributed by atoms with E-state index in [-0.39, 0.29) is 10.6 Å². The normalized spacial score (nSPS) is 11.6. The van der Waals surface area contributed by atoms with Crippen LogP contribution in [0.4, 0.5) is 0 Å². The van der Waals surface area contributed by atoms with Gasteiger partial charge in [0.05, 0.1) is 26.2 Å². The van der Waals surface area contributed by atoms with E-state index >= 15 is 0 Å². The summed E-state index contributed by atoms with van der Waals surface area (Å²) in [5.74, 6) is 0.969. The Morgan fingerprint density at radius 2 is 1.62 bits per heavy atom. The summed E-state index contributed by atoms with van der Waals surface area (Å²) in [5.41, 5.74) is 0.360. The van der Waals surface area contributed by atoms with Gasteiger partial charge in [-0.25, -0.2) is 8.42 Å². The van der Waals surface area contributed by atoms with Gasteiger partial charge in [0.15, 0.2) is 11.5 Å². The summed E-state index contributed by atoms with van der Waals surface area (Å²) in [6.07, 6.45) is 1.23. The van der Waals surface area contributed by atoms with E-state index in [1.165, 1.54) is 51.7 Å². The van der Waals surface area contributed by atoms with Crippen molar-refractivity contribution in [3.63, 3.8) is 0 Å². The third-order valence-corrected chi connectivity index (χ3v) is 5.48. The summed E-state index contributed by atoms with van der Waals surface area (Å²) in [5, 5.41) is 9.81. The standard InChI is InChI=1S/C18H16ClNO5S/c1-23-16-9-4-12(17(24-2)18(16)25-3)10-15(11-20)26(21,22)14-7-5-13(19)6-8-14/h4-10H,1-3H3/b15-10-. The molecule has 0 radical (unpaired) electrons. The Kier molecular flexibility index (Phi) is 6.14. The van der Waals surface area contributed by atoms with Gasteiger partial charge in [-0.1, -0.05) is 11.6 Å². The summed E-state index contributed by atoms with van der Waals surface area (Å²) < 4.78 is 41.2. The van der Waals surface area contributed by atoms with Gasteiger partial charge < -0.3 is 14.2 Å². The Morgan fingerprint density at radius 3 is 2.12 bits per heavy atom. The second-order valence-corrected chi connectivity index (χ2v) is 7.36. The van der Waals surface area contributed by atoms with Gasteiger partial charge >= 0.3 is 0 Å². The third-order valence-electron chi connectivity index (χ3n) is 3.54. The molecule has 6 nitrogen and oxygen atoms in total. The second-order valence-electron chi connectivity index (χ2n) is 5.00. The molecule has 0 saturated carbocycles. The highest BCUT2D eigenvalue weighted by atomic mass is 35.5. The van der Waals surface area contributed by atoms with Crippen molar-refractivity contribution in [3.05, 3.63) is 51.9 Å². The largest absolute Gasteiger partial charge is 0.493 e. The Balaban J connectivity index is 2.63. The maximum absolute atomic E-state index is 12.7. The molecule has 0 spiro atoms. The molecule has 0 aromatic heterocycles. The molecule has 0 saturated heterocycles. The molecule has 0 unspecified atom stereocenters. The first-order valence-corrected chi connectivity index (χ1v) is 9.16. The molecule has 0 aliphatic heterocycles. The van der Waals surface area contributed by atoms with Gasteiger partial charge in [-0.15, -0.1) is 0 Å². The van der Waals surface area contributed by atoms with Gasteiger partial charge in [0, 0.05) is 10.6 Å². The smallest absolute Gasteiger partial charge is 0.216 e. The summed E-state index contributed by atoms with van der Waals surface area (Å²) in [6.45, 7) is 0. The average molecular weight is 394 g/mol. The first-order chi connectivity index (χ1) is 12.4. The van der Waals surface area contributed by atoms with Crippen LogP contribution in [-0.4, -0.2) is 29.7 Å². The van der Waals surface area contributed by atoms with Crippen molar-refractivity contribution in [2.45, 2.75) is 4.90 Å². The van der Waals surface area contributed by atoms with Crippen LogP contribution in [0.5, 0.6) is 17.2 Å². The molecule has 0 bridgehead atoms. The van der Waals surface area contributed by atoms with E-state index in [0.29, 0.717) is 22.1 Å². The summed E-state index contributed by atoms with van der Waals surface area (Å²) >= 11 is 5.79. The molecule has 2 aromatic rings. The van der Waals surface area contributed by atoms with Crippen LogP contribution < -0.4 is 14.2 Å². The number of nitrogens with zero attached hydrogens (tertiary/aromatic N) is 1. The minimum atomic E-state index is -4.01. The van der Waals surface area contributed by atoms with Gasteiger partial charge in [0.2, 0.25) is 15.6 Å². The van der Waals surface area contributed by atoms with Crippen LogP contribution in [-0.2, 0) is 9.84 Å². The number of methoxy groups -OCH3 is 3. The zero-order valence-electron chi connectivity index (χ0n) is 14.3. The van der Waals surface area contributed by atoms with Crippen LogP contribution in [0.1, 0.15) is 5.56 Å². The van der Waals surface area contributed by atoms with Gasteiger partial charge in [-0.2, -0.15) is 5.26 Å². The van der Waals surface area contributed by atoms with Crippen molar-refractivity contribution in [1.82, 2.24) is 0 Å². The number of benzene rings is 2. The molecule has 136 valence electrons. The van der Waals surface area contributed by atoms with E-state index in [1.807, 2.05) is 0 Å². The van der Waals surface area contributed by atoms with E-state index in [1.54, 1.807) is 18.2 Å². The zero-order chi connectivity index (χ0) is 19.3. The number of nitriles is 1. The predicted molar refractivity (Wildman–Crippen MR) is 98.3 cm³/mol. The molecule has 0 atom stereocenters. The lowest BCUT2D eigenvalue weighted by Gasteiger charge is -2.14. The first kappa shape index (κ1) is 19.6. The average Bonchev–Trinajstić information content (AvgIpc) is 2.65. The predicted octanol–water partition coefficient (Wildman–Crippen LogP) is 3.70. The van der Waals surface area contributed by atoms with Crippen LogP contribution >= 0.6 is 11.6 Å². The number of halogens is 1. The van der Waals surface area contributed by atoms with Gasteiger partial charge in [0.1, 0.15) is 11.0 Å². The zero-order valence-corrected chi connectivity index (χ0v) is 15.9. The number of sulfone groups is 1. The first-order valence-electron chi connectivity index (χ1n) is 7.30. The Hall–Kier alpha value is -2.69. The number of hydrogen-bond donors (Lipinski definition) is 0. The van der Waals surface area contributed by atoms with Crippen LogP contribution in [0.15, 0.2) is 46.2 Å². The molecule has 0 amide bonds. The van der Waals surface area contributed by atoms with Crippen molar-refractivity contribution in [2.75, 3.05) is 21.3 Å². The van der Waals surface area contributed by atoms with Crippen molar-refractivity contribution in [3.8, 4) is 23.3 Å². The molecule has 8 heteroatoms. The second kappa shape index (κ2) is 8.13. The molecule has 0 N–H and O–H groups in total. The Morgan fingerprint density at radius 1 is 1.00 bits per heavy atom. The minimum absolute atomic E-state index is 0.0332. The number of ether oxygens (including phenoxy) is 3. The molecule has 0 fully saturated rings. The molecular weight excluding hydrogens is 378 g/mol. The maximum Gasteiger partial charge on any atom is 0.216 e. The highest BCUT2D eigenvalue weighted by Crippen LogP contribution is 2.41. The summed E-state index contributed by atoms with van der Waals surface area (Å²) in [7, 11) is 0.303. The molecule has 0 aliphatic rings. The van der Waals surface area contributed by atoms with Crippen molar-refractivity contribution < 1.29 is 22.6 Å². The van der Waals surface area contributed by atoms with E-state index in [4.69, 9.17) is 25.8 Å². The number of allylic oxidation sites excluding steroid dienone is 1.